The van der Waals surface area contributed by atoms with Gasteiger partial charge in [0.15, 0.2) is 0 Å². The minimum Gasteiger partial charge on any atom is -0.494 e. The van der Waals surface area contributed by atoms with Crippen LogP contribution >= 0.6 is 0 Å². The van der Waals surface area contributed by atoms with Crippen molar-refractivity contribution in [1.29, 1.82) is 0 Å². The standard InChI is InChI=1S/C34H53N5O8/c1-10-13-22(26(40)29(42)35-15-11-2)36-28(41)25-23-21(34(23,8)9)17-39(25)30(43)27(33(5,6)7)38-32(45)37-24(19(3)4)31(44)47-18-20-14-12-16-46-20/h11,14,19,21-25,27H,2,10,12-13,15-18H2,1,3-9H3,(H,35,42)(H,36,41)(H2,37,38,45)/t21-,22?,23-,24-,25-,27+/m0/s1. The van der Waals surface area contributed by atoms with Crippen molar-refractivity contribution in [2.75, 3.05) is 26.3 Å². The Morgan fingerprint density at radius 1 is 1.13 bits per heavy atom. The maximum atomic E-state index is 14.2. The molecule has 1 unspecified atom stereocenters. The van der Waals surface area contributed by atoms with Gasteiger partial charge in [0, 0.05) is 19.5 Å². The van der Waals surface area contributed by atoms with Gasteiger partial charge in [-0.3, -0.25) is 19.2 Å². The lowest BCUT2D eigenvalue weighted by Gasteiger charge is -2.38. The van der Waals surface area contributed by atoms with Crippen molar-refractivity contribution in [1.82, 2.24) is 26.2 Å². The zero-order chi connectivity index (χ0) is 35.3. The summed E-state index contributed by atoms with van der Waals surface area (Å²) in [5.41, 5.74) is -0.987. The molecule has 4 N–H and O–H groups in total. The highest BCUT2D eigenvalue weighted by molar-refractivity contribution is 6.38. The number of amides is 5. The van der Waals surface area contributed by atoms with E-state index >= 15 is 0 Å². The molecule has 2 heterocycles. The summed E-state index contributed by atoms with van der Waals surface area (Å²) in [5.74, 6) is -3.03. The SMILES string of the molecule is C=CCNC(=O)C(=O)C(CCC)NC(=O)[C@@H]1[C@@H]2[C@H](CN1C(=O)[C@@H](NC(=O)N[C@H](C(=O)OCC1=CCCO1)C(C)C)C(C)(C)C)C2(C)C. The Bertz CT molecular complexity index is 1270. The molecule has 13 nitrogen and oxygen atoms in total. The number of piperidine rings is 1. The van der Waals surface area contributed by atoms with Crippen LogP contribution in [0.1, 0.15) is 74.7 Å². The number of hydrogen-bond donors (Lipinski definition) is 4. The maximum absolute atomic E-state index is 14.2. The summed E-state index contributed by atoms with van der Waals surface area (Å²) in [5, 5.41) is 10.7. The molecule has 0 aromatic rings. The van der Waals surface area contributed by atoms with Crippen LogP contribution in [0.4, 0.5) is 4.79 Å². The Kier molecular flexibility index (Phi) is 12.3. The Morgan fingerprint density at radius 2 is 1.81 bits per heavy atom. The number of ketones is 1. The third-order valence-electron chi connectivity index (χ3n) is 9.33. The van der Waals surface area contributed by atoms with Gasteiger partial charge >= 0.3 is 12.0 Å². The van der Waals surface area contributed by atoms with E-state index in [-0.39, 0.29) is 42.7 Å². The van der Waals surface area contributed by atoms with Gasteiger partial charge in [-0.1, -0.05) is 67.9 Å². The molecule has 262 valence electrons. The van der Waals surface area contributed by atoms with Gasteiger partial charge in [0.25, 0.3) is 5.91 Å². The summed E-state index contributed by atoms with van der Waals surface area (Å²) in [6.45, 7) is 19.3. The minimum atomic E-state index is -1.06. The molecule has 0 aromatic carbocycles. The van der Waals surface area contributed by atoms with Crippen LogP contribution in [0.3, 0.4) is 0 Å². The first-order valence-corrected chi connectivity index (χ1v) is 16.5. The molecule has 3 aliphatic rings. The highest BCUT2D eigenvalue weighted by Crippen LogP contribution is 2.65. The van der Waals surface area contributed by atoms with Crippen molar-refractivity contribution < 1.29 is 38.2 Å². The predicted octanol–water partition coefficient (Wildman–Crippen LogP) is 2.21. The molecule has 0 spiro atoms. The van der Waals surface area contributed by atoms with Gasteiger partial charge in [-0.2, -0.15) is 0 Å². The third kappa shape index (κ3) is 8.92. The molecule has 6 atom stereocenters. The van der Waals surface area contributed by atoms with Crippen LogP contribution in [0.2, 0.25) is 0 Å². The molecule has 0 bridgehead atoms. The monoisotopic (exact) mass is 659 g/mol. The molecule has 1 saturated heterocycles. The number of nitrogens with zero attached hydrogens (tertiary/aromatic N) is 1. The van der Waals surface area contributed by atoms with Crippen molar-refractivity contribution >= 4 is 35.5 Å². The number of urea groups is 1. The number of carbonyl (C=O) groups is 6. The van der Waals surface area contributed by atoms with Crippen molar-refractivity contribution in [2.45, 2.75) is 98.8 Å². The minimum absolute atomic E-state index is 0.0320. The first-order valence-electron chi connectivity index (χ1n) is 16.5. The largest absolute Gasteiger partial charge is 0.494 e. The van der Waals surface area contributed by atoms with E-state index in [1.165, 1.54) is 11.0 Å². The lowest BCUT2D eigenvalue weighted by Crippen LogP contribution is -2.62. The fourth-order valence-electron chi connectivity index (χ4n) is 6.47. The topological polar surface area (TPSA) is 172 Å². The Balaban J connectivity index is 1.77. The molecule has 2 fully saturated rings. The second-order valence-electron chi connectivity index (χ2n) is 14.7. The zero-order valence-corrected chi connectivity index (χ0v) is 29.1. The number of carbonyl (C=O) groups excluding carboxylic acids is 6. The fraction of sp³-hybridized carbons (Fsp3) is 0.706. The van der Waals surface area contributed by atoms with E-state index in [0.717, 1.165) is 6.42 Å². The molecular weight excluding hydrogens is 606 g/mol. The first kappa shape index (κ1) is 37.6. The summed E-state index contributed by atoms with van der Waals surface area (Å²) < 4.78 is 10.8. The molecule has 47 heavy (non-hydrogen) atoms. The Labute approximate surface area is 278 Å². The summed E-state index contributed by atoms with van der Waals surface area (Å²) in [7, 11) is 0. The maximum Gasteiger partial charge on any atom is 0.329 e. The smallest absolute Gasteiger partial charge is 0.329 e. The molecule has 0 radical (unpaired) electrons. The van der Waals surface area contributed by atoms with Crippen LogP contribution in [0, 0.1) is 28.6 Å². The molecule has 0 aromatic heterocycles. The second-order valence-corrected chi connectivity index (χ2v) is 14.7. The summed E-state index contributed by atoms with van der Waals surface area (Å²) in [6, 6.07) is -4.72. The molecular formula is C34H53N5O8. The van der Waals surface area contributed by atoms with E-state index in [1.54, 1.807) is 34.6 Å². The quantitative estimate of drug-likeness (QED) is 0.118. The molecule has 5 amide bonds. The van der Waals surface area contributed by atoms with E-state index in [9.17, 15) is 28.8 Å². The Morgan fingerprint density at radius 3 is 2.36 bits per heavy atom. The van der Waals surface area contributed by atoms with E-state index < -0.39 is 65.1 Å². The van der Waals surface area contributed by atoms with E-state index in [4.69, 9.17) is 9.47 Å². The van der Waals surface area contributed by atoms with E-state index in [0.29, 0.717) is 25.3 Å². The van der Waals surface area contributed by atoms with Gasteiger partial charge in [0.1, 0.15) is 30.5 Å². The summed E-state index contributed by atoms with van der Waals surface area (Å²) in [4.78, 5) is 81.2. The first-order chi connectivity index (χ1) is 21.9. The number of likely N-dealkylation sites (tertiary alicyclic amines) is 1. The van der Waals surface area contributed by atoms with Crippen LogP contribution in [-0.4, -0.2) is 90.9 Å². The average molecular weight is 660 g/mol. The van der Waals surface area contributed by atoms with E-state index in [1.807, 2.05) is 26.8 Å². The lowest BCUT2D eigenvalue weighted by atomic mass is 9.85. The Hall–Kier alpha value is -3.90. The number of rotatable bonds is 15. The number of esters is 1. The second kappa shape index (κ2) is 15.3. The van der Waals surface area contributed by atoms with Crippen LogP contribution in [-0.2, 0) is 33.4 Å². The number of Topliss-reactive ketones (excluding diaryl/α,β-unsaturated/α-hetero) is 1. The van der Waals surface area contributed by atoms with Gasteiger partial charge < -0.3 is 35.6 Å². The average Bonchev–Trinajstić information content (AvgIpc) is 3.42. The molecule has 1 aliphatic carbocycles. The highest BCUT2D eigenvalue weighted by atomic mass is 16.6. The lowest BCUT2D eigenvalue weighted by molar-refractivity contribution is -0.147. The predicted molar refractivity (Wildman–Crippen MR) is 174 cm³/mol. The van der Waals surface area contributed by atoms with Crippen molar-refractivity contribution in [2.24, 2.45) is 28.6 Å². The molecule has 13 heteroatoms. The zero-order valence-electron chi connectivity index (χ0n) is 29.1. The van der Waals surface area contributed by atoms with Crippen LogP contribution in [0.5, 0.6) is 0 Å². The van der Waals surface area contributed by atoms with Crippen LogP contribution < -0.4 is 21.3 Å². The number of hydrogen-bond acceptors (Lipinski definition) is 8. The van der Waals surface area contributed by atoms with E-state index in [2.05, 4.69) is 27.8 Å². The number of ether oxygens (including phenoxy) is 2. The van der Waals surface area contributed by atoms with Crippen molar-refractivity contribution in [3.63, 3.8) is 0 Å². The molecule has 1 saturated carbocycles. The highest BCUT2D eigenvalue weighted by Gasteiger charge is 2.70. The number of fused-ring (bicyclic) bond motifs is 1. The van der Waals surface area contributed by atoms with Gasteiger partial charge in [-0.15, -0.1) is 6.58 Å². The normalized spacial score (nSPS) is 22.9. The van der Waals surface area contributed by atoms with Gasteiger partial charge in [0.05, 0.1) is 12.6 Å². The van der Waals surface area contributed by atoms with Gasteiger partial charge in [0.2, 0.25) is 17.6 Å². The van der Waals surface area contributed by atoms with Crippen molar-refractivity contribution in [3.05, 3.63) is 24.5 Å². The summed E-state index contributed by atoms with van der Waals surface area (Å²) in [6.07, 6.45) is 4.83. The number of nitrogens with one attached hydrogen (secondary N) is 4. The molecule has 3 rings (SSSR count). The summed E-state index contributed by atoms with van der Waals surface area (Å²) >= 11 is 0. The molecule has 2 aliphatic heterocycles. The van der Waals surface area contributed by atoms with Gasteiger partial charge in [-0.05, 0) is 41.1 Å². The fourth-order valence-corrected chi connectivity index (χ4v) is 6.47. The van der Waals surface area contributed by atoms with Crippen LogP contribution in [0.15, 0.2) is 24.5 Å². The van der Waals surface area contributed by atoms with Crippen LogP contribution in [0.25, 0.3) is 0 Å². The third-order valence-corrected chi connectivity index (χ3v) is 9.33. The van der Waals surface area contributed by atoms with Crippen molar-refractivity contribution in [3.8, 4) is 0 Å². The van der Waals surface area contributed by atoms with Gasteiger partial charge in [-0.25, -0.2) is 9.59 Å².